The molecule has 0 aromatic carbocycles. The third-order valence-corrected chi connectivity index (χ3v) is 5.30. The number of nitrogens with zero attached hydrogens (tertiary/aromatic N) is 1. The molecule has 8 heteroatoms. The first kappa shape index (κ1) is 16.8. The number of primary amides is 1. The highest BCUT2D eigenvalue weighted by Gasteiger charge is 2.56. The second-order valence-electron chi connectivity index (χ2n) is 5.80. The summed E-state index contributed by atoms with van der Waals surface area (Å²) in [4.78, 5) is 35.6. The Morgan fingerprint density at radius 2 is 2.09 bits per heavy atom. The zero-order valence-corrected chi connectivity index (χ0v) is 13.3. The fourth-order valence-corrected chi connectivity index (χ4v) is 4.10. The van der Waals surface area contributed by atoms with Gasteiger partial charge in [-0.15, -0.1) is 0 Å². The van der Waals surface area contributed by atoms with E-state index in [4.69, 9.17) is 5.73 Å². The Morgan fingerprint density at radius 1 is 1.45 bits per heavy atom. The molecule has 0 radical (unpaired) electrons. The molecule has 1 fully saturated rings. The molecule has 22 heavy (non-hydrogen) atoms. The van der Waals surface area contributed by atoms with E-state index in [0.717, 1.165) is 0 Å². The Kier molecular flexibility index (Phi) is 4.81. The molecular weight excluding hydrogens is 308 g/mol. The standard InChI is InChI=1S/C14H20N2O5S/c1-6(3-10(15)18)22-5-8-4-9-11(7(2)17)13(19)16(9)12(8)14(20)21/h6-7,9,11,17H,3-5H2,1-2H3,(H2,15,18)(H,20,21). The van der Waals surface area contributed by atoms with Crippen LogP contribution in [0, 0.1) is 5.92 Å². The van der Waals surface area contributed by atoms with Gasteiger partial charge in [-0.25, -0.2) is 4.79 Å². The van der Waals surface area contributed by atoms with Crippen molar-refractivity contribution in [3.63, 3.8) is 0 Å². The van der Waals surface area contributed by atoms with Crippen molar-refractivity contribution in [2.45, 2.75) is 44.1 Å². The average molecular weight is 328 g/mol. The van der Waals surface area contributed by atoms with Crippen LogP contribution in [0.2, 0.25) is 0 Å². The fraction of sp³-hybridized carbons (Fsp3) is 0.643. The summed E-state index contributed by atoms with van der Waals surface area (Å²) in [5, 5.41) is 19.0. The molecule has 2 aliphatic rings. The van der Waals surface area contributed by atoms with Crippen molar-refractivity contribution in [1.82, 2.24) is 4.90 Å². The second kappa shape index (κ2) is 6.29. The Hall–Kier alpha value is -1.54. The number of aliphatic carboxylic acids is 1. The van der Waals surface area contributed by atoms with Gasteiger partial charge in [0.2, 0.25) is 11.8 Å². The van der Waals surface area contributed by atoms with Gasteiger partial charge in [0.1, 0.15) is 5.70 Å². The number of rotatable bonds is 7. The quantitative estimate of drug-likeness (QED) is 0.563. The number of carbonyl (C=O) groups excluding carboxylic acids is 2. The Labute approximate surface area is 132 Å². The normalized spacial score (nSPS) is 26.5. The lowest BCUT2D eigenvalue weighted by Gasteiger charge is -2.44. The maximum Gasteiger partial charge on any atom is 0.352 e. The molecule has 0 spiro atoms. The number of amides is 2. The smallest absolute Gasteiger partial charge is 0.352 e. The molecule has 2 amide bonds. The number of β-lactam (4-membered cyclic amide) rings is 1. The molecule has 0 saturated carbocycles. The van der Waals surface area contributed by atoms with Gasteiger partial charge in [-0.05, 0) is 18.9 Å². The molecule has 7 nitrogen and oxygen atoms in total. The highest BCUT2D eigenvalue weighted by molar-refractivity contribution is 8.00. The summed E-state index contributed by atoms with van der Waals surface area (Å²) in [7, 11) is 0. The minimum absolute atomic E-state index is 0.0171. The summed E-state index contributed by atoms with van der Waals surface area (Å²) < 4.78 is 0. The fourth-order valence-electron chi connectivity index (χ4n) is 3.08. The maximum atomic E-state index is 12.0. The molecule has 4 N–H and O–H groups in total. The van der Waals surface area contributed by atoms with Crippen molar-refractivity contribution in [3.8, 4) is 0 Å². The maximum absolute atomic E-state index is 12.0. The molecule has 2 aliphatic heterocycles. The van der Waals surface area contributed by atoms with Gasteiger partial charge in [0.05, 0.1) is 18.1 Å². The zero-order chi connectivity index (χ0) is 16.6. The molecule has 0 aromatic heterocycles. The van der Waals surface area contributed by atoms with E-state index in [2.05, 4.69) is 0 Å². The Balaban J connectivity index is 2.09. The van der Waals surface area contributed by atoms with Crippen LogP contribution in [-0.2, 0) is 14.4 Å². The van der Waals surface area contributed by atoms with Crippen LogP contribution < -0.4 is 5.73 Å². The van der Waals surface area contributed by atoms with Crippen LogP contribution in [0.4, 0.5) is 0 Å². The van der Waals surface area contributed by atoms with Crippen molar-refractivity contribution in [1.29, 1.82) is 0 Å². The van der Waals surface area contributed by atoms with Crippen LogP contribution in [0.5, 0.6) is 0 Å². The molecule has 0 aliphatic carbocycles. The molecule has 4 unspecified atom stereocenters. The first-order chi connectivity index (χ1) is 10.2. The van der Waals surface area contributed by atoms with Crippen LogP contribution in [0.1, 0.15) is 26.7 Å². The van der Waals surface area contributed by atoms with E-state index in [1.165, 1.54) is 16.7 Å². The summed E-state index contributed by atoms with van der Waals surface area (Å²) in [6, 6.07) is -0.263. The molecule has 4 atom stereocenters. The summed E-state index contributed by atoms with van der Waals surface area (Å²) in [5.41, 5.74) is 5.85. The van der Waals surface area contributed by atoms with Crippen LogP contribution in [0.15, 0.2) is 11.3 Å². The van der Waals surface area contributed by atoms with Gasteiger partial charge in [0.15, 0.2) is 0 Å². The number of carboxylic acids is 1. The molecule has 1 saturated heterocycles. The van der Waals surface area contributed by atoms with Gasteiger partial charge >= 0.3 is 5.97 Å². The Bertz CT molecular complexity index is 545. The van der Waals surface area contributed by atoms with Crippen LogP contribution >= 0.6 is 11.8 Å². The molecule has 2 rings (SSSR count). The van der Waals surface area contributed by atoms with E-state index in [-0.39, 0.29) is 29.3 Å². The minimum atomic E-state index is -1.13. The predicted molar refractivity (Wildman–Crippen MR) is 80.8 cm³/mol. The van der Waals surface area contributed by atoms with E-state index in [1.807, 2.05) is 6.92 Å². The lowest BCUT2D eigenvalue weighted by atomic mass is 9.83. The van der Waals surface area contributed by atoms with Crippen LogP contribution in [0.3, 0.4) is 0 Å². The van der Waals surface area contributed by atoms with Gasteiger partial charge in [-0.3, -0.25) is 9.59 Å². The number of hydrogen-bond donors (Lipinski definition) is 3. The largest absolute Gasteiger partial charge is 0.477 e. The van der Waals surface area contributed by atoms with Gasteiger partial charge in [0, 0.05) is 17.4 Å². The molecular formula is C14H20N2O5S. The van der Waals surface area contributed by atoms with Crippen LogP contribution in [0.25, 0.3) is 0 Å². The number of thioether (sulfide) groups is 1. The molecule has 2 heterocycles. The van der Waals surface area contributed by atoms with Crippen LogP contribution in [-0.4, -0.2) is 56.0 Å². The van der Waals surface area contributed by atoms with E-state index in [0.29, 0.717) is 17.7 Å². The summed E-state index contributed by atoms with van der Waals surface area (Å²) >= 11 is 1.44. The number of aliphatic hydroxyl groups is 1. The highest BCUT2D eigenvalue weighted by Crippen LogP contribution is 2.44. The van der Waals surface area contributed by atoms with Crippen molar-refractivity contribution in [3.05, 3.63) is 11.3 Å². The van der Waals surface area contributed by atoms with Crippen molar-refractivity contribution in [2.75, 3.05) is 5.75 Å². The highest BCUT2D eigenvalue weighted by atomic mass is 32.2. The van der Waals surface area contributed by atoms with E-state index < -0.39 is 23.9 Å². The number of fused-ring (bicyclic) bond motifs is 1. The minimum Gasteiger partial charge on any atom is -0.477 e. The van der Waals surface area contributed by atoms with Gasteiger partial charge in [-0.2, -0.15) is 11.8 Å². The van der Waals surface area contributed by atoms with E-state index >= 15 is 0 Å². The monoisotopic (exact) mass is 328 g/mol. The second-order valence-corrected chi connectivity index (χ2v) is 7.22. The van der Waals surface area contributed by atoms with Gasteiger partial charge in [0.25, 0.3) is 0 Å². The average Bonchev–Trinajstić information content (AvgIpc) is 2.69. The number of carboxylic acid groups (broad SMARTS) is 1. The van der Waals surface area contributed by atoms with Gasteiger partial charge in [-0.1, -0.05) is 6.92 Å². The lowest BCUT2D eigenvalue weighted by Crippen LogP contribution is -2.61. The lowest BCUT2D eigenvalue weighted by molar-refractivity contribution is -0.161. The number of carbonyl (C=O) groups is 3. The van der Waals surface area contributed by atoms with Crippen molar-refractivity contribution >= 4 is 29.5 Å². The third-order valence-electron chi connectivity index (χ3n) is 4.05. The molecule has 122 valence electrons. The number of hydrogen-bond acceptors (Lipinski definition) is 5. The topological polar surface area (TPSA) is 121 Å². The number of aliphatic hydroxyl groups excluding tert-OH is 1. The number of nitrogens with two attached hydrogens (primary N) is 1. The Morgan fingerprint density at radius 3 is 2.59 bits per heavy atom. The SMILES string of the molecule is CC(CC(N)=O)SCC1=C(C(=O)O)N2C(=O)C(C(C)O)C2C1. The van der Waals surface area contributed by atoms with E-state index in [9.17, 15) is 24.6 Å². The summed E-state index contributed by atoms with van der Waals surface area (Å²) in [6.07, 6.45) is -0.105. The first-order valence-electron chi connectivity index (χ1n) is 7.10. The summed E-state index contributed by atoms with van der Waals surface area (Å²) in [5.74, 6) is -1.95. The predicted octanol–water partition coefficient (Wildman–Crippen LogP) is -0.0663. The van der Waals surface area contributed by atoms with Gasteiger partial charge < -0.3 is 20.8 Å². The zero-order valence-electron chi connectivity index (χ0n) is 12.5. The van der Waals surface area contributed by atoms with Crippen molar-refractivity contribution < 1.29 is 24.6 Å². The molecule has 0 aromatic rings. The first-order valence-corrected chi connectivity index (χ1v) is 8.15. The third kappa shape index (κ3) is 2.98. The van der Waals surface area contributed by atoms with Crippen molar-refractivity contribution in [2.24, 2.45) is 11.7 Å². The summed E-state index contributed by atoms with van der Waals surface area (Å²) in [6.45, 7) is 3.39. The van der Waals surface area contributed by atoms with E-state index in [1.54, 1.807) is 6.92 Å². The molecule has 0 bridgehead atoms.